The second kappa shape index (κ2) is 5.61. The van der Waals surface area contributed by atoms with Gasteiger partial charge < -0.3 is 15.4 Å². The molecule has 4 nitrogen and oxygen atoms in total. The highest BCUT2D eigenvalue weighted by Gasteiger charge is 2.30. The van der Waals surface area contributed by atoms with Crippen molar-refractivity contribution >= 4 is 11.6 Å². The largest absolute Gasteiger partial charge is 0.388 e. The van der Waals surface area contributed by atoms with Gasteiger partial charge in [0.2, 0.25) is 0 Å². The summed E-state index contributed by atoms with van der Waals surface area (Å²) in [4.78, 5) is 12.2. The maximum absolute atomic E-state index is 12.2. The average molecular weight is 262 g/mol. The van der Waals surface area contributed by atoms with Crippen molar-refractivity contribution in [2.45, 2.75) is 32.3 Å². The molecule has 0 bridgehead atoms. The van der Waals surface area contributed by atoms with Crippen LogP contribution in [0.15, 0.2) is 18.2 Å². The van der Waals surface area contributed by atoms with Crippen LogP contribution in [0, 0.1) is 6.92 Å². The van der Waals surface area contributed by atoms with Crippen molar-refractivity contribution < 1.29 is 9.53 Å². The number of amides is 1. The first-order valence-electron chi connectivity index (χ1n) is 6.75. The zero-order valence-electron chi connectivity index (χ0n) is 11.9. The summed E-state index contributed by atoms with van der Waals surface area (Å²) >= 11 is 0. The van der Waals surface area contributed by atoms with Crippen molar-refractivity contribution in [1.29, 1.82) is 0 Å². The molecule has 1 atom stereocenters. The Bertz CT molecular complexity index is 465. The summed E-state index contributed by atoms with van der Waals surface area (Å²) in [6.45, 7) is 5.36. The molecule has 0 aromatic heterocycles. The van der Waals surface area contributed by atoms with Crippen LogP contribution in [0.25, 0.3) is 0 Å². The lowest BCUT2D eigenvalue weighted by Gasteiger charge is -2.23. The summed E-state index contributed by atoms with van der Waals surface area (Å²) in [5.41, 5.74) is 2.51. The molecule has 1 amide bonds. The summed E-state index contributed by atoms with van der Waals surface area (Å²) in [7, 11) is 1.87. The molecule has 0 saturated carbocycles. The third-order valence-electron chi connectivity index (χ3n) is 3.68. The smallest absolute Gasteiger partial charge is 0.251 e. The lowest BCUT2D eigenvalue weighted by molar-refractivity contribution is 0.0206. The lowest BCUT2D eigenvalue weighted by atomic mass is 10.0. The van der Waals surface area contributed by atoms with Gasteiger partial charge in [-0.15, -0.1) is 0 Å². The maximum atomic E-state index is 12.2. The molecule has 1 aliphatic rings. The number of ether oxygens (including phenoxy) is 1. The van der Waals surface area contributed by atoms with Crippen molar-refractivity contribution in [2.75, 3.05) is 25.5 Å². The van der Waals surface area contributed by atoms with Crippen molar-refractivity contribution in [3.8, 4) is 0 Å². The van der Waals surface area contributed by atoms with E-state index in [1.807, 2.05) is 32.2 Å². The third kappa shape index (κ3) is 3.26. The van der Waals surface area contributed by atoms with Gasteiger partial charge >= 0.3 is 0 Å². The second-order valence-corrected chi connectivity index (χ2v) is 5.36. The van der Waals surface area contributed by atoms with E-state index in [2.05, 4.69) is 17.6 Å². The monoisotopic (exact) mass is 262 g/mol. The molecule has 104 valence electrons. The van der Waals surface area contributed by atoms with Crippen molar-refractivity contribution in [1.82, 2.24) is 5.32 Å². The number of rotatable bonds is 4. The Kier molecular flexibility index (Phi) is 4.10. The maximum Gasteiger partial charge on any atom is 0.251 e. The molecule has 4 heteroatoms. The Labute approximate surface area is 114 Å². The molecule has 2 rings (SSSR count). The van der Waals surface area contributed by atoms with Gasteiger partial charge in [-0.1, -0.05) is 0 Å². The molecular weight excluding hydrogens is 240 g/mol. The number of aryl methyl sites for hydroxylation is 1. The summed E-state index contributed by atoms with van der Waals surface area (Å²) < 4.78 is 5.67. The van der Waals surface area contributed by atoms with Crippen molar-refractivity contribution in [2.24, 2.45) is 0 Å². The van der Waals surface area contributed by atoms with Gasteiger partial charge in [0, 0.05) is 31.5 Å². The average Bonchev–Trinajstić information content (AvgIpc) is 2.83. The predicted molar refractivity (Wildman–Crippen MR) is 76.6 cm³/mol. The summed E-state index contributed by atoms with van der Waals surface area (Å²) in [6, 6.07) is 5.74. The number of anilines is 1. The van der Waals surface area contributed by atoms with Crippen LogP contribution >= 0.6 is 0 Å². The molecule has 1 unspecified atom stereocenters. The predicted octanol–water partition coefficient (Wildman–Crippen LogP) is 2.34. The van der Waals surface area contributed by atoms with Crippen LogP contribution in [0.1, 0.15) is 35.7 Å². The quantitative estimate of drug-likeness (QED) is 0.875. The number of carbonyl (C=O) groups is 1. The van der Waals surface area contributed by atoms with Crippen LogP contribution in [0.4, 0.5) is 5.69 Å². The summed E-state index contributed by atoms with van der Waals surface area (Å²) in [5.74, 6) is -0.0307. The fourth-order valence-electron chi connectivity index (χ4n) is 2.41. The third-order valence-corrected chi connectivity index (χ3v) is 3.68. The molecule has 1 fully saturated rings. The molecule has 19 heavy (non-hydrogen) atoms. The van der Waals surface area contributed by atoms with Gasteiger partial charge in [-0.2, -0.15) is 0 Å². The van der Waals surface area contributed by atoms with Crippen LogP contribution < -0.4 is 10.6 Å². The van der Waals surface area contributed by atoms with Gasteiger partial charge in [-0.05, 0) is 50.5 Å². The first kappa shape index (κ1) is 13.9. The minimum absolute atomic E-state index is 0.0307. The Hall–Kier alpha value is -1.55. The van der Waals surface area contributed by atoms with E-state index in [4.69, 9.17) is 4.74 Å². The van der Waals surface area contributed by atoms with Crippen LogP contribution in [-0.2, 0) is 4.74 Å². The fourth-order valence-corrected chi connectivity index (χ4v) is 2.41. The SMILES string of the molecule is CNc1ccc(C(=O)NCC2(C)CCCO2)c(C)c1. The Balaban J connectivity index is 2.00. The minimum Gasteiger partial charge on any atom is -0.388 e. The lowest BCUT2D eigenvalue weighted by Crippen LogP contribution is -2.40. The molecular formula is C15H22N2O2. The van der Waals surface area contributed by atoms with Crippen LogP contribution in [0.5, 0.6) is 0 Å². The summed E-state index contributed by atoms with van der Waals surface area (Å²) in [5, 5.41) is 6.04. The Morgan fingerprint density at radius 1 is 1.47 bits per heavy atom. The van der Waals surface area contributed by atoms with E-state index < -0.39 is 0 Å². The minimum atomic E-state index is -0.200. The number of hydrogen-bond acceptors (Lipinski definition) is 3. The van der Waals surface area contributed by atoms with E-state index in [1.165, 1.54) is 0 Å². The van der Waals surface area contributed by atoms with Crippen LogP contribution in [0.2, 0.25) is 0 Å². The van der Waals surface area contributed by atoms with Gasteiger partial charge in [-0.25, -0.2) is 0 Å². The van der Waals surface area contributed by atoms with E-state index in [9.17, 15) is 4.79 Å². The van der Waals surface area contributed by atoms with Crippen LogP contribution in [0.3, 0.4) is 0 Å². The fraction of sp³-hybridized carbons (Fsp3) is 0.533. The highest BCUT2D eigenvalue weighted by molar-refractivity contribution is 5.96. The molecule has 0 spiro atoms. The Morgan fingerprint density at radius 2 is 2.26 bits per heavy atom. The molecule has 2 N–H and O–H groups in total. The highest BCUT2D eigenvalue weighted by atomic mass is 16.5. The van der Waals surface area contributed by atoms with Crippen molar-refractivity contribution in [3.63, 3.8) is 0 Å². The van der Waals surface area contributed by atoms with Gasteiger partial charge in [0.1, 0.15) is 0 Å². The molecule has 1 heterocycles. The number of carbonyl (C=O) groups excluding carboxylic acids is 1. The summed E-state index contributed by atoms with van der Waals surface area (Å²) in [6.07, 6.45) is 2.08. The second-order valence-electron chi connectivity index (χ2n) is 5.36. The normalized spacial score (nSPS) is 22.3. The van der Waals surface area contributed by atoms with E-state index >= 15 is 0 Å². The van der Waals surface area contributed by atoms with Crippen LogP contribution in [-0.4, -0.2) is 31.7 Å². The Morgan fingerprint density at radius 3 is 2.84 bits per heavy atom. The molecule has 1 aromatic carbocycles. The first-order valence-corrected chi connectivity index (χ1v) is 6.75. The standard InChI is InChI=1S/C15H22N2O2/c1-11-9-12(16-3)5-6-13(11)14(18)17-10-15(2)7-4-8-19-15/h5-6,9,16H,4,7-8,10H2,1-3H3,(H,17,18). The van der Waals surface area contributed by atoms with E-state index in [0.29, 0.717) is 6.54 Å². The van der Waals surface area contributed by atoms with Gasteiger partial charge in [0.25, 0.3) is 5.91 Å². The first-order chi connectivity index (χ1) is 9.04. The molecule has 0 aliphatic carbocycles. The van der Waals surface area contributed by atoms with E-state index in [-0.39, 0.29) is 11.5 Å². The van der Waals surface area contributed by atoms with E-state index in [1.54, 1.807) is 0 Å². The number of nitrogens with one attached hydrogen (secondary N) is 2. The molecule has 0 radical (unpaired) electrons. The molecule has 1 saturated heterocycles. The van der Waals surface area contributed by atoms with Gasteiger partial charge in [-0.3, -0.25) is 4.79 Å². The topological polar surface area (TPSA) is 50.4 Å². The molecule has 1 aromatic rings. The van der Waals surface area contributed by atoms with E-state index in [0.717, 1.165) is 36.3 Å². The van der Waals surface area contributed by atoms with Crippen molar-refractivity contribution in [3.05, 3.63) is 29.3 Å². The number of benzene rings is 1. The highest BCUT2D eigenvalue weighted by Crippen LogP contribution is 2.24. The molecule has 1 aliphatic heterocycles. The zero-order valence-corrected chi connectivity index (χ0v) is 11.9. The van der Waals surface area contributed by atoms with Gasteiger partial charge in [0.15, 0.2) is 0 Å². The number of hydrogen-bond donors (Lipinski definition) is 2. The zero-order chi connectivity index (χ0) is 13.9. The van der Waals surface area contributed by atoms with Gasteiger partial charge in [0.05, 0.1) is 5.60 Å².